The first-order chi connectivity index (χ1) is 15.3. The molecule has 1 heterocycles. The second-order valence-corrected chi connectivity index (χ2v) is 8.89. The first kappa shape index (κ1) is 23.8. The van der Waals surface area contributed by atoms with Crippen molar-refractivity contribution < 1.29 is 23.9 Å². The van der Waals surface area contributed by atoms with E-state index in [2.05, 4.69) is 26.8 Å². The zero-order valence-corrected chi connectivity index (χ0v) is 20.2. The quantitative estimate of drug-likeness (QED) is 0.333. The van der Waals surface area contributed by atoms with Crippen LogP contribution in [0.3, 0.4) is 0 Å². The molecule has 0 bridgehead atoms. The second-order valence-electron chi connectivity index (χ2n) is 6.36. The van der Waals surface area contributed by atoms with Crippen LogP contribution in [0.5, 0.6) is 11.5 Å². The highest BCUT2D eigenvalue weighted by Gasteiger charge is 2.33. The molecule has 2 aromatic carbocycles. The van der Waals surface area contributed by atoms with Crippen molar-refractivity contribution in [2.45, 2.75) is 0 Å². The molecule has 1 aliphatic heterocycles. The Morgan fingerprint density at radius 2 is 1.84 bits per heavy atom. The number of benzene rings is 2. The zero-order valence-electron chi connectivity index (χ0n) is 17.0. The number of carbonyl (C=O) groups excluding carboxylic acids is 3. The van der Waals surface area contributed by atoms with Gasteiger partial charge in [0.05, 0.1) is 24.7 Å². The average molecular weight is 536 g/mol. The van der Waals surface area contributed by atoms with Crippen molar-refractivity contribution in [2.75, 3.05) is 20.8 Å². The van der Waals surface area contributed by atoms with Gasteiger partial charge in [-0.15, -0.1) is 0 Å². The van der Waals surface area contributed by atoms with Crippen LogP contribution in [-0.2, 0) is 9.59 Å². The molecule has 166 valence electrons. The van der Waals surface area contributed by atoms with E-state index >= 15 is 0 Å². The number of hydrazine groups is 1. The van der Waals surface area contributed by atoms with Gasteiger partial charge in [0.2, 0.25) is 0 Å². The standard InChI is InChI=1S/C21H18BrN3O5S2/c1-29-15-8-7-12(9-16(15)30-2)10-17-20(28)25(21(31)32-17)11-18(26)23-24-19(27)13-5-3-4-6-14(13)22/h3-10H,11H2,1-2H3,(H,23,26)(H,24,27)/b17-10-. The number of carbonyl (C=O) groups is 3. The van der Waals surface area contributed by atoms with E-state index in [1.807, 2.05) is 0 Å². The van der Waals surface area contributed by atoms with Crippen LogP contribution in [0.1, 0.15) is 15.9 Å². The molecule has 0 aliphatic carbocycles. The lowest BCUT2D eigenvalue weighted by molar-refractivity contribution is -0.129. The number of nitrogens with zero attached hydrogens (tertiary/aromatic N) is 1. The maximum Gasteiger partial charge on any atom is 0.270 e. The Morgan fingerprint density at radius 1 is 1.12 bits per heavy atom. The number of amides is 3. The van der Waals surface area contributed by atoms with E-state index in [4.69, 9.17) is 21.7 Å². The molecule has 2 aromatic rings. The van der Waals surface area contributed by atoms with Crippen molar-refractivity contribution in [3.63, 3.8) is 0 Å². The molecule has 3 rings (SSSR count). The molecule has 1 saturated heterocycles. The summed E-state index contributed by atoms with van der Waals surface area (Å²) in [6.07, 6.45) is 1.66. The highest BCUT2D eigenvalue weighted by Crippen LogP contribution is 2.34. The molecule has 32 heavy (non-hydrogen) atoms. The van der Waals surface area contributed by atoms with E-state index in [9.17, 15) is 14.4 Å². The Labute approximate surface area is 202 Å². The molecule has 0 unspecified atom stereocenters. The predicted molar refractivity (Wildman–Crippen MR) is 129 cm³/mol. The van der Waals surface area contributed by atoms with Gasteiger partial charge in [0.25, 0.3) is 17.7 Å². The van der Waals surface area contributed by atoms with Gasteiger partial charge in [-0.25, -0.2) is 0 Å². The van der Waals surface area contributed by atoms with Crippen molar-refractivity contribution >= 4 is 68.0 Å². The molecule has 0 atom stereocenters. The Hall–Kier alpha value is -2.89. The summed E-state index contributed by atoms with van der Waals surface area (Å²) in [6.45, 7) is -0.329. The molecule has 0 saturated carbocycles. The Balaban J connectivity index is 1.63. The van der Waals surface area contributed by atoms with Gasteiger partial charge in [0.1, 0.15) is 10.9 Å². The molecular formula is C21H18BrN3O5S2. The summed E-state index contributed by atoms with van der Waals surface area (Å²) in [5.41, 5.74) is 5.69. The number of thiocarbonyl (C=S) groups is 1. The Kier molecular flexibility index (Phi) is 7.89. The van der Waals surface area contributed by atoms with E-state index in [1.165, 1.54) is 19.1 Å². The molecule has 0 aromatic heterocycles. The molecule has 1 fully saturated rings. The van der Waals surface area contributed by atoms with Crippen LogP contribution in [0.15, 0.2) is 51.8 Å². The Morgan fingerprint density at radius 3 is 2.53 bits per heavy atom. The summed E-state index contributed by atoms with van der Waals surface area (Å²) in [6, 6.07) is 12.0. The summed E-state index contributed by atoms with van der Waals surface area (Å²) in [5.74, 6) is -0.393. The van der Waals surface area contributed by atoms with Gasteiger partial charge in [-0.2, -0.15) is 0 Å². The van der Waals surface area contributed by atoms with Crippen LogP contribution < -0.4 is 20.3 Å². The van der Waals surface area contributed by atoms with Gasteiger partial charge >= 0.3 is 0 Å². The number of nitrogens with one attached hydrogen (secondary N) is 2. The summed E-state index contributed by atoms with van der Waals surface area (Å²) < 4.78 is 11.3. The number of halogens is 1. The van der Waals surface area contributed by atoms with Gasteiger partial charge < -0.3 is 9.47 Å². The minimum atomic E-state index is -0.589. The number of hydrogen-bond acceptors (Lipinski definition) is 7. The molecule has 11 heteroatoms. The van der Waals surface area contributed by atoms with Gasteiger partial charge in [-0.1, -0.05) is 42.2 Å². The topological polar surface area (TPSA) is 97.0 Å². The van der Waals surface area contributed by atoms with Crippen molar-refractivity contribution in [3.8, 4) is 11.5 Å². The highest BCUT2D eigenvalue weighted by atomic mass is 79.9. The van der Waals surface area contributed by atoms with Crippen molar-refractivity contribution in [2.24, 2.45) is 0 Å². The fraction of sp³-hybridized carbons (Fsp3) is 0.143. The van der Waals surface area contributed by atoms with E-state index in [1.54, 1.807) is 48.5 Å². The zero-order chi connectivity index (χ0) is 23.3. The summed E-state index contributed by atoms with van der Waals surface area (Å²) in [5, 5.41) is 0. The van der Waals surface area contributed by atoms with Crippen molar-refractivity contribution in [1.82, 2.24) is 15.8 Å². The lowest BCUT2D eigenvalue weighted by Crippen LogP contribution is -2.47. The third-order valence-electron chi connectivity index (χ3n) is 4.31. The fourth-order valence-corrected chi connectivity index (χ4v) is 4.47. The van der Waals surface area contributed by atoms with E-state index in [0.717, 1.165) is 11.8 Å². The third kappa shape index (κ3) is 5.47. The SMILES string of the molecule is COc1ccc(/C=C2\SC(=S)N(CC(=O)NNC(=O)c3ccccc3Br)C2=O)cc1OC. The summed E-state index contributed by atoms with van der Waals surface area (Å²) in [7, 11) is 3.06. The Bertz CT molecular complexity index is 1120. The lowest BCUT2D eigenvalue weighted by atomic mass is 10.2. The number of ether oxygens (including phenoxy) is 2. The van der Waals surface area contributed by atoms with Crippen molar-refractivity contribution in [3.05, 3.63) is 63.0 Å². The normalized spacial score (nSPS) is 14.5. The van der Waals surface area contributed by atoms with Crippen LogP contribution in [0.2, 0.25) is 0 Å². The fourth-order valence-electron chi connectivity index (χ4n) is 2.75. The van der Waals surface area contributed by atoms with Crippen LogP contribution in [-0.4, -0.2) is 47.7 Å². The van der Waals surface area contributed by atoms with Crippen LogP contribution in [0, 0.1) is 0 Å². The third-order valence-corrected chi connectivity index (χ3v) is 6.38. The predicted octanol–water partition coefficient (Wildman–Crippen LogP) is 3.13. The first-order valence-electron chi connectivity index (χ1n) is 9.15. The van der Waals surface area contributed by atoms with Crippen LogP contribution >= 0.6 is 39.9 Å². The molecule has 1 aliphatic rings. The number of thioether (sulfide) groups is 1. The van der Waals surface area contributed by atoms with Gasteiger partial charge in [0, 0.05) is 4.47 Å². The maximum atomic E-state index is 12.8. The van der Waals surface area contributed by atoms with Crippen LogP contribution in [0.4, 0.5) is 0 Å². The first-order valence-corrected chi connectivity index (χ1v) is 11.2. The van der Waals surface area contributed by atoms with E-state index in [0.29, 0.717) is 32.0 Å². The van der Waals surface area contributed by atoms with E-state index in [-0.39, 0.29) is 10.9 Å². The summed E-state index contributed by atoms with van der Waals surface area (Å²) in [4.78, 5) is 38.8. The molecular weight excluding hydrogens is 518 g/mol. The molecule has 8 nitrogen and oxygen atoms in total. The second kappa shape index (κ2) is 10.6. The minimum absolute atomic E-state index is 0.244. The maximum absolute atomic E-state index is 12.8. The lowest BCUT2D eigenvalue weighted by Gasteiger charge is -2.14. The molecule has 0 radical (unpaired) electrons. The monoisotopic (exact) mass is 535 g/mol. The number of hydrogen-bond donors (Lipinski definition) is 2. The molecule has 3 amide bonds. The molecule has 0 spiro atoms. The largest absolute Gasteiger partial charge is 0.493 e. The van der Waals surface area contributed by atoms with Gasteiger partial charge in [0.15, 0.2) is 11.5 Å². The van der Waals surface area contributed by atoms with Gasteiger partial charge in [-0.05, 0) is 51.8 Å². The number of methoxy groups -OCH3 is 2. The number of rotatable bonds is 6. The average Bonchev–Trinajstić information content (AvgIpc) is 3.04. The summed E-state index contributed by atoms with van der Waals surface area (Å²) >= 11 is 9.62. The minimum Gasteiger partial charge on any atom is -0.493 e. The van der Waals surface area contributed by atoms with E-state index < -0.39 is 17.7 Å². The molecule has 2 N–H and O–H groups in total. The highest BCUT2D eigenvalue weighted by molar-refractivity contribution is 9.10. The van der Waals surface area contributed by atoms with Crippen LogP contribution in [0.25, 0.3) is 6.08 Å². The van der Waals surface area contributed by atoms with Crippen molar-refractivity contribution in [1.29, 1.82) is 0 Å². The van der Waals surface area contributed by atoms with Gasteiger partial charge in [-0.3, -0.25) is 30.1 Å². The smallest absolute Gasteiger partial charge is 0.270 e.